The molecule has 0 aliphatic heterocycles. The molecule has 0 bridgehead atoms. The zero-order valence-electron chi connectivity index (χ0n) is 6.95. The molecule has 0 spiro atoms. The average Bonchev–Trinajstić information content (AvgIpc) is 2.02. The molecule has 0 aliphatic rings. The molecule has 5 nitrogen and oxygen atoms in total. The molecule has 68 valence electrons. The van der Waals surface area contributed by atoms with Gasteiger partial charge in [-0.25, -0.2) is 4.79 Å². The zero-order chi connectivity index (χ0) is 9.56. The molecule has 0 aromatic carbocycles. The summed E-state index contributed by atoms with van der Waals surface area (Å²) >= 11 is 0. The Bertz CT molecular complexity index is 191. The summed E-state index contributed by atoms with van der Waals surface area (Å²) < 4.78 is 4.42. The number of primary amides is 1. The molecule has 0 unspecified atom stereocenters. The molecule has 0 radical (unpaired) electrons. The van der Waals surface area contributed by atoms with Crippen LogP contribution in [0.15, 0.2) is 12.7 Å². The van der Waals surface area contributed by atoms with Gasteiger partial charge in [-0.1, -0.05) is 6.58 Å². The van der Waals surface area contributed by atoms with Crippen LogP contribution in [0.4, 0.5) is 4.79 Å². The van der Waals surface area contributed by atoms with Crippen molar-refractivity contribution in [3.05, 3.63) is 12.7 Å². The van der Waals surface area contributed by atoms with E-state index < -0.39 is 6.09 Å². The fraction of sp³-hybridized carbons (Fsp3) is 0.429. The van der Waals surface area contributed by atoms with Gasteiger partial charge in [-0.2, -0.15) is 0 Å². The number of likely N-dealkylation sites (N-methyl/N-ethyl adjacent to an activating group) is 1. The minimum Gasteiger partial charge on any atom is -0.448 e. The molecular formula is C7H12N2O3. The number of carbonyl (C=O) groups excluding carboxylic acids is 2. The van der Waals surface area contributed by atoms with Gasteiger partial charge < -0.3 is 15.4 Å². The normalized spacial score (nSPS) is 8.75. The first kappa shape index (κ1) is 10.5. The summed E-state index contributed by atoms with van der Waals surface area (Å²) in [5.41, 5.74) is 4.70. The highest BCUT2D eigenvalue weighted by molar-refractivity contribution is 5.86. The number of hydrogen-bond donors (Lipinski definition) is 1. The summed E-state index contributed by atoms with van der Waals surface area (Å²) in [5, 5.41) is 0. The summed E-state index contributed by atoms with van der Waals surface area (Å²) in [6, 6.07) is 0. The van der Waals surface area contributed by atoms with Gasteiger partial charge in [0, 0.05) is 7.05 Å². The Morgan fingerprint density at radius 2 is 2.25 bits per heavy atom. The SMILES string of the molecule is C=CC(=O)N(C)CCOC(N)=O. The molecule has 0 saturated carbocycles. The summed E-state index contributed by atoms with van der Waals surface area (Å²) in [7, 11) is 1.58. The van der Waals surface area contributed by atoms with Gasteiger partial charge >= 0.3 is 6.09 Å². The second-order valence-corrected chi connectivity index (χ2v) is 2.13. The van der Waals surface area contributed by atoms with Gasteiger partial charge in [0.15, 0.2) is 0 Å². The average molecular weight is 172 g/mol. The number of nitrogens with two attached hydrogens (primary N) is 1. The van der Waals surface area contributed by atoms with Crippen LogP contribution in [0.3, 0.4) is 0 Å². The Hall–Kier alpha value is -1.52. The van der Waals surface area contributed by atoms with E-state index in [2.05, 4.69) is 11.3 Å². The lowest BCUT2D eigenvalue weighted by Crippen LogP contribution is -2.29. The molecule has 5 heteroatoms. The quantitative estimate of drug-likeness (QED) is 0.593. The van der Waals surface area contributed by atoms with Crippen molar-refractivity contribution in [2.75, 3.05) is 20.2 Å². The third kappa shape index (κ3) is 4.32. The van der Waals surface area contributed by atoms with Crippen LogP contribution < -0.4 is 5.73 Å². The van der Waals surface area contributed by atoms with Crippen molar-refractivity contribution < 1.29 is 14.3 Å². The molecule has 2 N–H and O–H groups in total. The highest BCUT2D eigenvalue weighted by Crippen LogP contribution is 1.85. The predicted molar refractivity (Wildman–Crippen MR) is 43.4 cm³/mol. The first-order valence-electron chi connectivity index (χ1n) is 3.37. The van der Waals surface area contributed by atoms with Gasteiger partial charge in [0.05, 0.1) is 6.54 Å². The molecule has 0 aromatic rings. The van der Waals surface area contributed by atoms with E-state index in [1.54, 1.807) is 7.05 Å². The van der Waals surface area contributed by atoms with Gasteiger partial charge in [0.2, 0.25) is 5.91 Å². The van der Waals surface area contributed by atoms with Gasteiger partial charge in [-0.15, -0.1) is 0 Å². The molecule has 0 fully saturated rings. The van der Waals surface area contributed by atoms with E-state index in [0.29, 0.717) is 6.54 Å². The van der Waals surface area contributed by atoms with Crippen LogP contribution in [0.5, 0.6) is 0 Å². The fourth-order valence-corrected chi connectivity index (χ4v) is 0.549. The largest absolute Gasteiger partial charge is 0.448 e. The molecule has 0 atom stereocenters. The highest BCUT2D eigenvalue weighted by Gasteiger charge is 2.03. The van der Waals surface area contributed by atoms with Crippen molar-refractivity contribution in [2.45, 2.75) is 0 Å². The molecule has 0 rings (SSSR count). The summed E-state index contributed by atoms with van der Waals surface area (Å²) in [6.45, 7) is 3.72. The van der Waals surface area contributed by atoms with Gasteiger partial charge in [0.25, 0.3) is 0 Å². The first-order chi connectivity index (χ1) is 5.57. The van der Waals surface area contributed by atoms with Crippen molar-refractivity contribution in [1.29, 1.82) is 0 Å². The third-order valence-electron chi connectivity index (χ3n) is 1.22. The standard InChI is InChI=1S/C7H12N2O3/c1-3-6(10)9(2)4-5-12-7(8)11/h3H,1,4-5H2,2H3,(H2,8,11). The Balaban J connectivity index is 3.56. The van der Waals surface area contributed by atoms with E-state index in [1.165, 1.54) is 11.0 Å². The summed E-state index contributed by atoms with van der Waals surface area (Å²) in [6.07, 6.45) is 0.346. The Morgan fingerprint density at radius 1 is 1.67 bits per heavy atom. The van der Waals surface area contributed by atoms with E-state index in [-0.39, 0.29) is 12.5 Å². The van der Waals surface area contributed by atoms with Crippen LogP contribution in [-0.2, 0) is 9.53 Å². The maximum atomic E-state index is 10.8. The molecular weight excluding hydrogens is 160 g/mol. The predicted octanol–water partition coefficient (Wildman–Crippen LogP) is -0.274. The number of nitrogens with zero attached hydrogens (tertiary/aromatic N) is 1. The first-order valence-corrected chi connectivity index (χ1v) is 3.37. The maximum Gasteiger partial charge on any atom is 0.404 e. The van der Waals surface area contributed by atoms with Crippen LogP contribution in [0.25, 0.3) is 0 Å². The molecule has 2 amide bonds. The van der Waals surface area contributed by atoms with Gasteiger partial charge in [-0.3, -0.25) is 4.79 Å². The molecule has 0 aliphatic carbocycles. The van der Waals surface area contributed by atoms with E-state index in [9.17, 15) is 9.59 Å². The van der Waals surface area contributed by atoms with Gasteiger partial charge in [0.1, 0.15) is 6.61 Å². The minimum atomic E-state index is -0.838. The highest BCUT2D eigenvalue weighted by atomic mass is 16.5. The van der Waals surface area contributed by atoms with Crippen molar-refractivity contribution in [2.24, 2.45) is 5.73 Å². The third-order valence-corrected chi connectivity index (χ3v) is 1.22. The molecule has 0 aromatic heterocycles. The second kappa shape index (κ2) is 5.17. The lowest BCUT2D eigenvalue weighted by molar-refractivity contribution is -0.125. The zero-order valence-corrected chi connectivity index (χ0v) is 6.95. The van der Waals surface area contributed by atoms with Crippen molar-refractivity contribution in [1.82, 2.24) is 4.90 Å². The van der Waals surface area contributed by atoms with Crippen molar-refractivity contribution in [3.8, 4) is 0 Å². The number of rotatable bonds is 4. The topological polar surface area (TPSA) is 72.6 Å². The molecule has 0 heterocycles. The lowest BCUT2D eigenvalue weighted by atomic mass is 10.5. The van der Waals surface area contributed by atoms with Crippen LogP contribution in [0, 0.1) is 0 Å². The second-order valence-electron chi connectivity index (χ2n) is 2.13. The Kier molecular flexibility index (Phi) is 4.52. The fourth-order valence-electron chi connectivity index (χ4n) is 0.549. The number of hydrogen-bond acceptors (Lipinski definition) is 3. The van der Waals surface area contributed by atoms with Gasteiger partial charge in [-0.05, 0) is 6.08 Å². The van der Waals surface area contributed by atoms with E-state index in [1.807, 2.05) is 0 Å². The number of ether oxygens (including phenoxy) is 1. The van der Waals surface area contributed by atoms with Crippen molar-refractivity contribution in [3.63, 3.8) is 0 Å². The van der Waals surface area contributed by atoms with E-state index in [4.69, 9.17) is 5.73 Å². The van der Waals surface area contributed by atoms with Crippen LogP contribution >= 0.6 is 0 Å². The van der Waals surface area contributed by atoms with Crippen LogP contribution in [-0.4, -0.2) is 37.1 Å². The Morgan fingerprint density at radius 3 is 2.67 bits per heavy atom. The minimum absolute atomic E-state index is 0.103. The summed E-state index contributed by atoms with van der Waals surface area (Å²) in [4.78, 5) is 22.3. The Labute approximate surface area is 70.8 Å². The number of amides is 2. The van der Waals surface area contributed by atoms with Crippen LogP contribution in [0.1, 0.15) is 0 Å². The lowest BCUT2D eigenvalue weighted by Gasteiger charge is -2.13. The van der Waals surface area contributed by atoms with Crippen molar-refractivity contribution >= 4 is 12.0 Å². The maximum absolute atomic E-state index is 10.8. The van der Waals surface area contributed by atoms with E-state index in [0.717, 1.165) is 0 Å². The molecule has 12 heavy (non-hydrogen) atoms. The monoisotopic (exact) mass is 172 g/mol. The van der Waals surface area contributed by atoms with E-state index >= 15 is 0 Å². The summed E-state index contributed by atoms with van der Waals surface area (Å²) in [5.74, 6) is -0.219. The number of carbonyl (C=O) groups is 2. The van der Waals surface area contributed by atoms with Crippen LogP contribution in [0.2, 0.25) is 0 Å². The smallest absolute Gasteiger partial charge is 0.404 e. The molecule has 0 saturated heterocycles.